The minimum Gasteiger partial charge on any atom is -0.379 e. The molecule has 1 aliphatic carbocycles. The number of benzene rings is 1. The molecule has 0 saturated heterocycles. The van der Waals surface area contributed by atoms with Gasteiger partial charge in [0, 0.05) is 23.7 Å². The third kappa shape index (κ3) is 4.28. The SMILES string of the molecule is CN[C@H]1CCCC[C@@H]1Nc1cc(F)c(S(=O)(=O)Nc2nccs2)cc1Cl. The zero-order valence-electron chi connectivity index (χ0n) is 14.1. The Bertz CT molecular complexity index is 861. The number of hydrogen-bond acceptors (Lipinski definition) is 6. The fourth-order valence-electron chi connectivity index (χ4n) is 3.14. The molecule has 1 aliphatic rings. The Kier molecular flexibility index (Phi) is 6.01. The molecule has 0 amide bonds. The normalized spacial score (nSPS) is 20.7. The fourth-order valence-corrected chi connectivity index (χ4v) is 5.30. The average molecular weight is 419 g/mol. The lowest BCUT2D eigenvalue weighted by atomic mass is 9.90. The summed E-state index contributed by atoms with van der Waals surface area (Å²) in [6.45, 7) is 0. The van der Waals surface area contributed by atoms with E-state index in [1.165, 1.54) is 6.20 Å². The summed E-state index contributed by atoms with van der Waals surface area (Å²) in [6.07, 6.45) is 5.65. The molecule has 0 aliphatic heterocycles. The fraction of sp³-hybridized carbons (Fsp3) is 0.438. The quantitative estimate of drug-likeness (QED) is 0.666. The highest BCUT2D eigenvalue weighted by molar-refractivity contribution is 7.93. The molecule has 0 bridgehead atoms. The van der Waals surface area contributed by atoms with Crippen molar-refractivity contribution in [3.8, 4) is 0 Å². The second-order valence-electron chi connectivity index (χ2n) is 6.14. The van der Waals surface area contributed by atoms with Gasteiger partial charge in [-0.2, -0.15) is 0 Å². The maximum absolute atomic E-state index is 14.5. The predicted octanol–water partition coefficient (Wildman–Crippen LogP) is 3.68. The van der Waals surface area contributed by atoms with Crippen molar-refractivity contribution in [1.82, 2.24) is 10.3 Å². The second kappa shape index (κ2) is 8.08. The Morgan fingerprint density at radius 3 is 2.65 bits per heavy atom. The zero-order valence-corrected chi connectivity index (χ0v) is 16.5. The minimum absolute atomic E-state index is 0.113. The average Bonchev–Trinajstić information content (AvgIpc) is 3.10. The van der Waals surface area contributed by atoms with Gasteiger partial charge in [0.1, 0.15) is 10.7 Å². The summed E-state index contributed by atoms with van der Waals surface area (Å²) in [4.78, 5) is 3.34. The zero-order chi connectivity index (χ0) is 18.7. The van der Waals surface area contributed by atoms with Crippen LogP contribution in [0.2, 0.25) is 5.02 Å². The number of likely N-dealkylation sites (N-methyl/N-ethyl adjacent to an activating group) is 1. The van der Waals surface area contributed by atoms with Crippen molar-refractivity contribution in [2.24, 2.45) is 0 Å². The van der Waals surface area contributed by atoms with Crippen molar-refractivity contribution < 1.29 is 12.8 Å². The lowest BCUT2D eigenvalue weighted by Gasteiger charge is -2.33. The van der Waals surface area contributed by atoms with Gasteiger partial charge in [-0.25, -0.2) is 17.8 Å². The lowest BCUT2D eigenvalue weighted by Crippen LogP contribution is -2.44. The van der Waals surface area contributed by atoms with E-state index in [4.69, 9.17) is 11.6 Å². The Morgan fingerprint density at radius 1 is 1.27 bits per heavy atom. The molecule has 1 saturated carbocycles. The van der Waals surface area contributed by atoms with Gasteiger partial charge in [-0.1, -0.05) is 24.4 Å². The molecule has 1 aromatic heterocycles. The van der Waals surface area contributed by atoms with E-state index in [0.29, 0.717) is 5.69 Å². The molecule has 2 atom stereocenters. The topological polar surface area (TPSA) is 83.1 Å². The standard InChI is InChI=1S/C16H20ClFN4O2S2/c1-19-12-4-2-3-5-13(12)21-14-9-11(18)15(8-10(14)17)26(23,24)22-16-20-6-7-25-16/h6-9,12-13,19,21H,2-5H2,1H3,(H,20,22)/t12-,13-/m0/s1. The molecule has 0 radical (unpaired) electrons. The van der Waals surface area contributed by atoms with E-state index in [2.05, 4.69) is 20.3 Å². The van der Waals surface area contributed by atoms with E-state index in [1.54, 1.807) is 5.38 Å². The van der Waals surface area contributed by atoms with Gasteiger partial charge in [0.2, 0.25) is 0 Å². The van der Waals surface area contributed by atoms with Crippen LogP contribution in [0.15, 0.2) is 28.6 Å². The molecule has 3 rings (SSSR count). The van der Waals surface area contributed by atoms with E-state index >= 15 is 0 Å². The summed E-state index contributed by atoms with van der Waals surface area (Å²) in [6, 6.07) is 2.64. The van der Waals surface area contributed by atoms with E-state index < -0.39 is 20.7 Å². The van der Waals surface area contributed by atoms with E-state index in [9.17, 15) is 12.8 Å². The van der Waals surface area contributed by atoms with Gasteiger partial charge in [0.15, 0.2) is 5.13 Å². The summed E-state index contributed by atoms with van der Waals surface area (Å²) in [5.41, 5.74) is 0.393. The molecule has 6 nitrogen and oxygen atoms in total. The van der Waals surface area contributed by atoms with E-state index in [0.717, 1.165) is 49.2 Å². The maximum atomic E-state index is 14.5. The smallest absolute Gasteiger partial charge is 0.266 e. The number of aromatic nitrogens is 1. The number of nitrogens with one attached hydrogen (secondary N) is 3. The van der Waals surface area contributed by atoms with Crippen LogP contribution >= 0.6 is 22.9 Å². The van der Waals surface area contributed by atoms with Crippen molar-refractivity contribution >= 4 is 43.8 Å². The van der Waals surface area contributed by atoms with Crippen LogP contribution in [0.4, 0.5) is 15.2 Å². The highest BCUT2D eigenvalue weighted by Crippen LogP contribution is 2.31. The molecule has 26 heavy (non-hydrogen) atoms. The number of sulfonamides is 1. The molecule has 0 unspecified atom stereocenters. The Balaban J connectivity index is 1.84. The van der Waals surface area contributed by atoms with Crippen molar-refractivity contribution in [2.45, 2.75) is 42.7 Å². The summed E-state index contributed by atoms with van der Waals surface area (Å²) in [7, 11) is -2.21. The number of halogens is 2. The molecule has 142 valence electrons. The highest BCUT2D eigenvalue weighted by atomic mass is 35.5. The van der Waals surface area contributed by atoms with Crippen molar-refractivity contribution in [1.29, 1.82) is 0 Å². The molecule has 1 heterocycles. The second-order valence-corrected chi connectivity index (χ2v) is 9.09. The van der Waals surface area contributed by atoms with Crippen molar-refractivity contribution in [2.75, 3.05) is 17.1 Å². The summed E-state index contributed by atoms with van der Waals surface area (Å²) in [5, 5.41) is 8.46. The molecular formula is C16H20ClFN4O2S2. The molecular weight excluding hydrogens is 399 g/mol. The van der Waals surface area contributed by atoms with Crippen LogP contribution in [-0.2, 0) is 10.0 Å². The van der Waals surface area contributed by atoms with E-state index in [1.807, 2.05) is 7.05 Å². The summed E-state index contributed by atoms with van der Waals surface area (Å²) >= 11 is 7.35. The molecule has 1 aromatic carbocycles. The largest absolute Gasteiger partial charge is 0.379 e. The van der Waals surface area contributed by atoms with Crippen LogP contribution in [0.5, 0.6) is 0 Å². The Morgan fingerprint density at radius 2 is 2.00 bits per heavy atom. The Hall–Kier alpha value is -1.42. The first-order valence-electron chi connectivity index (χ1n) is 8.26. The minimum atomic E-state index is -4.10. The monoisotopic (exact) mass is 418 g/mol. The first-order chi connectivity index (χ1) is 12.4. The van der Waals surface area contributed by atoms with Crippen LogP contribution in [0, 0.1) is 5.82 Å². The highest BCUT2D eigenvalue weighted by Gasteiger charge is 2.26. The predicted molar refractivity (Wildman–Crippen MR) is 103 cm³/mol. The van der Waals surface area contributed by atoms with Gasteiger partial charge in [-0.05, 0) is 32.0 Å². The van der Waals surface area contributed by atoms with E-state index in [-0.39, 0.29) is 22.2 Å². The number of rotatable bonds is 6. The van der Waals surface area contributed by atoms with Gasteiger partial charge < -0.3 is 10.6 Å². The Labute approximate surface area is 161 Å². The van der Waals surface area contributed by atoms with Crippen LogP contribution in [0.25, 0.3) is 0 Å². The third-order valence-corrected chi connectivity index (χ3v) is 6.93. The van der Waals surface area contributed by atoms with Gasteiger partial charge >= 0.3 is 0 Å². The number of nitrogens with zero attached hydrogens (tertiary/aromatic N) is 1. The summed E-state index contributed by atoms with van der Waals surface area (Å²) < 4.78 is 41.6. The molecule has 2 aromatic rings. The van der Waals surface area contributed by atoms with Gasteiger partial charge in [0.25, 0.3) is 10.0 Å². The molecule has 0 spiro atoms. The molecule has 3 N–H and O–H groups in total. The number of hydrogen-bond donors (Lipinski definition) is 3. The van der Waals surface area contributed by atoms with Crippen LogP contribution in [0.3, 0.4) is 0 Å². The van der Waals surface area contributed by atoms with Crippen LogP contribution < -0.4 is 15.4 Å². The van der Waals surface area contributed by atoms with Crippen LogP contribution in [-0.4, -0.2) is 32.5 Å². The van der Waals surface area contributed by atoms with Crippen LogP contribution in [0.1, 0.15) is 25.7 Å². The van der Waals surface area contributed by atoms with Gasteiger partial charge in [-0.15, -0.1) is 11.3 Å². The third-order valence-electron chi connectivity index (χ3n) is 4.44. The van der Waals surface area contributed by atoms with Gasteiger partial charge in [-0.3, -0.25) is 4.72 Å². The molecule has 10 heteroatoms. The first kappa shape index (κ1) is 19.3. The number of anilines is 2. The number of thiazole rings is 1. The summed E-state index contributed by atoms with van der Waals surface area (Å²) in [5.74, 6) is -0.863. The first-order valence-corrected chi connectivity index (χ1v) is 11.0. The van der Waals surface area contributed by atoms with Gasteiger partial charge in [0.05, 0.1) is 10.7 Å². The van der Waals surface area contributed by atoms with Crippen molar-refractivity contribution in [3.63, 3.8) is 0 Å². The molecule has 1 fully saturated rings. The van der Waals surface area contributed by atoms with Crippen molar-refractivity contribution in [3.05, 3.63) is 34.5 Å². The maximum Gasteiger partial charge on any atom is 0.266 e. The lowest BCUT2D eigenvalue weighted by molar-refractivity contribution is 0.361.